The Balaban J connectivity index is 0.000000289. The number of nitrogens with zero attached hydrogens (tertiary/aromatic N) is 3. The van der Waals surface area contributed by atoms with E-state index in [9.17, 15) is 26.3 Å². The van der Waals surface area contributed by atoms with Crippen LogP contribution in [0.5, 0.6) is 0 Å². The van der Waals surface area contributed by atoms with Crippen LogP contribution < -0.4 is 10.6 Å². The van der Waals surface area contributed by atoms with Gasteiger partial charge in [-0.1, -0.05) is 60.7 Å². The lowest BCUT2D eigenvalue weighted by molar-refractivity contribution is -0.193. The average Bonchev–Trinajstić information content (AvgIpc) is 3.71. The van der Waals surface area contributed by atoms with E-state index in [2.05, 4.69) is 86.1 Å². The van der Waals surface area contributed by atoms with Crippen molar-refractivity contribution in [2.75, 3.05) is 26.2 Å². The van der Waals surface area contributed by atoms with Gasteiger partial charge in [0.25, 0.3) is 0 Å². The van der Waals surface area contributed by atoms with Gasteiger partial charge in [0.2, 0.25) is 0 Å². The van der Waals surface area contributed by atoms with E-state index in [1.807, 2.05) is 7.05 Å². The fraction of sp³-hybridized carbons (Fsp3) is 0.259. The van der Waals surface area contributed by atoms with E-state index in [0.29, 0.717) is 0 Å². The number of carboxylic acids is 2. The van der Waals surface area contributed by atoms with Crippen molar-refractivity contribution in [2.45, 2.75) is 12.4 Å². The number of alkyl halides is 6. The number of carboxylic acid groups (broad SMARTS) is 2. The second-order valence-corrected chi connectivity index (χ2v) is 8.89. The van der Waals surface area contributed by atoms with Crippen LogP contribution in [0.25, 0.3) is 33.9 Å². The Morgan fingerprint density at radius 3 is 1.19 bits per heavy atom. The van der Waals surface area contributed by atoms with Crippen LogP contribution in [0.15, 0.2) is 60.7 Å². The van der Waals surface area contributed by atoms with Gasteiger partial charge in [-0.05, 0) is 22.3 Å². The minimum absolute atomic E-state index is 0.881. The molecule has 2 aliphatic rings. The summed E-state index contributed by atoms with van der Waals surface area (Å²) < 4.78 is 65.5. The van der Waals surface area contributed by atoms with Crippen molar-refractivity contribution < 1.29 is 46.1 Å². The fourth-order valence-electron chi connectivity index (χ4n) is 3.89. The summed E-state index contributed by atoms with van der Waals surface area (Å²) in [4.78, 5) is 17.8. The lowest BCUT2D eigenvalue weighted by Crippen LogP contribution is -2.21. The number of halogens is 6. The molecule has 5 rings (SSSR count). The van der Waals surface area contributed by atoms with E-state index in [1.54, 1.807) is 0 Å². The normalized spacial score (nSPS) is 14.6. The Morgan fingerprint density at radius 1 is 0.667 bits per heavy atom. The standard InChI is InChI=1S/C23H23N5.2C2HF3O2/c1-28-22(18-6-2-16(3-7-18)20-10-12-24-14-20)26-27-23(28)19-8-4-17(5-9-19)21-11-13-25-15-21;2*3-2(4,5)1(6)7/h2-11,24-25H,12-15H2,1H3;2*(H,6,7). The summed E-state index contributed by atoms with van der Waals surface area (Å²) in [6.45, 7) is 3.79. The molecule has 0 spiro atoms. The summed E-state index contributed by atoms with van der Waals surface area (Å²) in [5.74, 6) is -3.75. The van der Waals surface area contributed by atoms with E-state index < -0.39 is 24.3 Å². The number of aliphatic carboxylic acids is 2. The number of aromatic nitrogens is 3. The van der Waals surface area contributed by atoms with E-state index in [0.717, 1.165) is 49.0 Å². The monoisotopic (exact) mass is 597 g/mol. The molecule has 0 saturated heterocycles. The number of hydrogen-bond acceptors (Lipinski definition) is 6. The molecule has 1 aromatic heterocycles. The third-order valence-electron chi connectivity index (χ3n) is 6.00. The van der Waals surface area contributed by atoms with Gasteiger partial charge >= 0.3 is 24.3 Å². The van der Waals surface area contributed by atoms with Crippen LogP contribution in [0.2, 0.25) is 0 Å². The minimum atomic E-state index is -5.08. The number of benzene rings is 2. The largest absolute Gasteiger partial charge is 0.490 e. The molecule has 2 aliphatic heterocycles. The van der Waals surface area contributed by atoms with Crippen molar-refractivity contribution in [3.8, 4) is 22.8 Å². The lowest BCUT2D eigenvalue weighted by Gasteiger charge is -2.07. The lowest BCUT2D eigenvalue weighted by atomic mass is 10.0. The van der Waals surface area contributed by atoms with Gasteiger partial charge in [-0.15, -0.1) is 10.2 Å². The van der Waals surface area contributed by atoms with Gasteiger partial charge in [0.1, 0.15) is 0 Å². The molecule has 0 aliphatic carbocycles. The number of hydrogen-bond donors (Lipinski definition) is 4. The van der Waals surface area contributed by atoms with Crippen LogP contribution in [0.3, 0.4) is 0 Å². The highest BCUT2D eigenvalue weighted by atomic mass is 19.4. The predicted molar refractivity (Wildman–Crippen MR) is 141 cm³/mol. The second-order valence-electron chi connectivity index (χ2n) is 8.89. The molecule has 3 aromatic rings. The Hall–Kier alpha value is -4.50. The number of carbonyl (C=O) groups is 2. The molecule has 3 heterocycles. The van der Waals surface area contributed by atoms with Crippen molar-refractivity contribution in [2.24, 2.45) is 7.05 Å². The fourth-order valence-corrected chi connectivity index (χ4v) is 3.89. The van der Waals surface area contributed by atoms with Crippen molar-refractivity contribution in [1.29, 1.82) is 0 Å². The maximum absolute atomic E-state index is 10.6. The highest BCUT2D eigenvalue weighted by Crippen LogP contribution is 2.27. The summed E-state index contributed by atoms with van der Waals surface area (Å²) in [6.07, 6.45) is -5.67. The molecule has 4 N–H and O–H groups in total. The first-order valence-corrected chi connectivity index (χ1v) is 12.2. The van der Waals surface area contributed by atoms with Gasteiger partial charge in [-0.3, -0.25) is 0 Å². The predicted octanol–water partition coefficient (Wildman–Crippen LogP) is 4.39. The van der Waals surface area contributed by atoms with Crippen molar-refractivity contribution >= 4 is 23.1 Å². The van der Waals surface area contributed by atoms with Gasteiger partial charge in [0, 0.05) is 44.4 Å². The van der Waals surface area contributed by atoms with Crippen LogP contribution in [-0.2, 0) is 16.6 Å². The van der Waals surface area contributed by atoms with Crippen molar-refractivity contribution in [1.82, 2.24) is 25.4 Å². The molecule has 15 heteroatoms. The molecular weight excluding hydrogens is 572 g/mol. The van der Waals surface area contributed by atoms with Gasteiger partial charge in [-0.25, -0.2) is 9.59 Å². The zero-order valence-electron chi connectivity index (χ0n) is 21.9. The topological polar surface area (TPSA) is 129 Å². The van der Waals surface area contributed by atoms with Crippen LogP contribution in [0.4, 0.5) is 26.3 Å². The average molecular weight is 598 g/mol. The summed E-state index contributed by atoms with van der Waals surface area (Å²) in [5.41, 5.74) is 7.41. The van der Waals surface area contributed by atoms with Gasteiger partial charge in [0.05, 0.1) is 0 Å². The second kappa shape index (κ2) is 13.4. The Labute approximate surface area is 235 Å². The smallest absolute Gasteiger partial charge is 0.475 e. The quantitative estimate of drug-likeness (QED) is 0.326. The number of nitrogens with one attached hydrogen (secondary N) is 2. The highest BCUT2D eigenvalue weighted by molar-refractivity contribution is 5.74. The van der Waals surface area contributed by atoms with Crippen molar-refractivity contribution in [3.05, 3.63) is 71.8 Å². The van der Waals surface area contributed by atoms with E-state index in [4.69, 9.17) is 19.8 Å². The summed E-state index contributed by atoms with van der Waals surface area (Å²) in [5, 5.41) is 29.8. The van der Waals surface area contributed by atoms with Crippen LogP contribution in [0, 0.1) is 0 Å². The highest BCUT2D eigenvalue weighted by Gasteiger charge is 2.38. The molecule has 0 saturated carbocycles. The summed E-state index contributed by atoms with van der Waals surface area (Å²) in [7, 11) is 2.03. The molecule has 0 amide bonds. The van der Waals surface area contributed by atoms with E-state index >= 15 is 0 Å². The van der Waals surface area contributed by atoms with E-state index in [1.165, 1.54) is 22.3 Å². The molecular formula is C27H25F6N5O4. The Kier molecular flexibility index (Phi) is 10.2. The molecule has 42 heavy (non-hydrogen) atoms. The molecule has 0 fully saturated rings. The van der Waals surface area contributed by atoms with Crippen molar-refractivity contribution in [3.63, 3.8) is 0 Å². The third-order valence-corrected chi connectivity index (χ3v) is 6.00. The van der Waals surface area contributed by atoms with Gasteiger partial charge in [-0.2, -0.15) is 26.3 Å². The molecule has 2 aromatic carbocycles. The first-order valence-electron chi connectivity index (χ1n) is 12.2. The molecule has 0 unspecified atom stereocenters. The first-order chi connectivity index (χ1) is 19.7. The first kappa shape index (κ1) is 32.0. The Morgan fingerprint density at radius 2 is 0.952 bits per heavy atom. The maximum Gasteiger partial charge on any atom is 0.490 e. The summed E-state index contributed by atoms with van der Waals surface area (Å²) in [6, 6.07) is 17.2. The van der Waals surface area contributed by atoms with E-state index in [-0.39, 0.29) is 0 Å². The SMILES string of the molecule is Cn1c(-c2ccc(C3=CCNC3)cc2)nnc1-c1ccc(C2=CCNC2)cc1.O=C(O)C(F)(F)F.O=C(O)C(F)(F)F. The van der Waals surface area contributed by atoms with Gasteiger partial charge < -0.3 is 25.4 Å². The third kappa shape index (κ3) is 8.50. The molecule has 0 atom stereocenters. The van der Waals surface area contributed by atoms with Crippen LogP contribution >= 0.6 is 0 Å². The zero-order chi connectivity index (χ0) is 31.1. The van der Waals surface area contributed by atoms with Crippen LogP contribution in [-0.4, -0.2) is 75.4 Å². The van der Waals surface area contributed by atoms with Gasteiger partial charge in [0.15, 0.2) is 11.6 Å². The minimum Gasteiger partial charge on any atom is -0.475 e. The molecule has 0 bridgehead atoms. The Bertz CT molecular complexity index is 1350. The molecule has 0 radical (unpaired) electrons. The number of rotatable bonds is 4. The zero-order valence-corrected chi connectivity index (χ0v) is 21.9. The molecule has 224 valence electrons. The summed E-state index contributed by atoms with van der Waals surface area (Å²) >= 11 is 0. The van der Waals surface area contributed by atoms with Crippen LogP contribution in [0.1, 0.15) is 11.1 Å². The molecule has 9 nitrogen and oxygen atoms in total. The maximum atomic E-state index is 10.6.